The van der Waals surface area contributed by atoms with E-state index in [0.29, 0.717) is 24.5 Å². The van der Waals surface area contributed by atoms with Crippen LogP contribution in [0.4, 0.5) is 5.82 Å². The van der Waals surface area contributed by atoms with Gasteiger partial charge in [-0.05, 0) is 45.2 Å². The Balaban J connectivity index is 1.35. The molecule has 5 rings (SSSR count). The summed E-state index contributed by atoms with van der Waals surface area (Å²) in [6.07, 6.45) is 6.81. The summed E-state index contributed by atoms with van der Waals surface area (Å²) in [5.41, 5.74) is 2.86. The van der Waals surface area contributed by atoms with Crippen molar-refractivity contribution in [3.8, 4) is 17.0 Å². The fraction of sp³-hybridized carbons (Fsp3) is 0.500. The van der Waals surface area contributed by atoms with Gasteiger partial charge in [0.1, 0.15) is 12.3 Å². The van der Waals surface area contributed by atoms with Gasteiger partial charge in [0, 0.05) is 49.4 Å². The number of aryl methyl sites for hydroxylation is 1. The van der Waals surface area contributed by atoms with Crippen molar-refractivity contribution in [2.45, 2.75) is 45.2 Å². The Morgan fingerprint density at radius 1 is 1.30 bits per heavy atom. The predicted molar refractivity (Wildman–Crippen MR) is 114 cm³/mol. The highest BCUT2D eigenvalue weighted by Gasteiger charge is 2.31. The second kappa shape index (κ2) is 7.43. The van der Waals surface area contributed by atoms with Gasteiger partial charge in [0.05, 0.1) is 11.7 Å². The monoisotopic (exact) mass is 408 g/mol. The molecule has 0 unspecified atom stereocenters. The Morgan fingerprint density at radius 2 is 2.13 bits per heavy atom. The number of anilines is 1. The largest absolute Gasteiger partial charge is 0.488 e. The number of pyridine rings is 1. The van der Waals surface area contributed by atoms with Crippen LogP contribution in [0.15, 0.2) is 30.6 Å². The molecule has 2 aliphatic rings. The number of carbonyl (C=O) groups excluding carboxylic acids is 1. The van der Waals surface area contributed by atoms with E-state index >= 15 is 0 Å². The van der Waals surface area contributed by atoms with Gasteiger partial charge < -0.3 is 10.1 Å². The summed E-state index contributed by atoms with van der Waals surface area (Å²) < 4.78 is 9.81. The molecule has 3 aromatic heterocycles. The molecule has 1 saturated heterocycles. The molecule has 8 heteroatoms. The van der Waals surface area contributed by atoms with Crippen LogP contribution in [0.1, 0.15) is 33.1 Å². The SMILES string of the molecule is CC(C)N1CC[C@@H]1COc1cnn(C)c1-c1ccn2nc(NC(=O)C3CC3)cc2c1. The summed E-state index contributed by atoms with van der Waals surface area (Å²) in [6.45, 7) is 6.26. The van der Waals surface area contributed by atoms with Gasteiger partial charge in [-0.1, -0.05) is 0 Å². The van der Waals surface area contributed by atoms with E-state index in [1.165, 1.54) is 6.42 Å². The van der Waals surface area contributed by atoms with Gasteiger partial charge in [0.2, 0.25) is 5.91 Å². The van der Waals surface area contributed by atoms with Crippen LogP contribution in [0, 0.1) is 5.92 Å². The first kappa shape index (κ1) is 19.1. The minimum Gasteiger partial charge on any atom is -0.488 e. The third kappa shape index (κ3) is 3.56. The molecule has 1 N–H and O–H groups in total. The number of nitrogens with zero attached hydrogens (tertiary/aromatic N) is 5. The van der Waals surface area contributed by atoms with Crippen LogP contribution in [0.2, 0.25) is 0 Å². The maximum Gasteiger partial charge on any atom is 0.228 e. The lowest BCUT2D eigenvalue weighted by molar-refractivity contribution is -0.117. The Morgan fingerprint density at radius 3 is 2.83 bits per heavy atom. The van der Waals surface area contributed by atoms with Crippen molar-refractivity contribution in [3.63, 3.8) is 0 Å². The zero-order chi connectivity index (χ0) is 20.8. The molecule has 1 saturated carbocycles. The van der Waals surface area contributed by atoms with Crippen LogP contribution in [0.3, 0.4) is 0 Å². The van der Waals surface area contributed by atoms with E-state index in [4.69, 9.17) is 4.74 Å². The molecule has 0 aromatic carbocycles. The molecule has 4 heterocycles. The van der Waals surface area contributed by atoms with Crippen LogP contribution in [0.5, 0.6) is 5.75 Å². The molecule has 0 spiro atoms. The summed E-state index contributed by atoms with van der Waals surface area (Å²) in [5.74, 6) is 1.60. The standard InChI is InChI=1S/C22H28N6O2/c1-14(2)27-8-7-17(27)13-30-19-12-23-26(3)21(19)16-6-9-28-18(10-16)11-20(25-28)24-22(29)15-4-5-15/h6,9-12,14-15,17H,4-5,7-8,13H2,1-3H3,(H,24,25,29)/t17-/m1/s1. The number of amides is 1. The number of rotatable bonds is 7. The average molecular weight is 409 g/mol. The van der Waals surface area contributed by atoms with Gasteiger partial charge in [-0.25, -0.2) is 4.52 Å². The van der Waals surface area contributed by atoms with Gasteiger partial charge >= 0.3 is 0 Å². The van der Waals surface area contributed by atoms with E-state index in [-0.39, 0.29) is 11.8 Å². The number of fused-ring (bicyclic) bond motifs is 1. The van der Waals surface area contributed by atoms with Crippen molar-refractivity contribution < 1.29 is 9.53 Å². The first-order chi connectivity index (χ1) is 14.5. The summed E-state index contributed by atoms with van der Waals surface area (Å²) in [7, 11) is 1.92. The third-order valence-corrected chi connectivity index (χ3v) is 6.13. The van der Waals surface area contributed by atoms with E-state index in [0.717, 1.165) is 41.9 Å². The zero-order valence-electron chi connectivity index (χ0n) is 17.7. The van der Waals surface area contributed by atoms with E-state index in [2.05, 4.69) is 34.3 Å². The Hall–Kier alpha value is -2.87. The first-order valence-corrected chi connectivity index (χ1v) is 10.7. The molecule has 2 fully saturated rings. The van der Waals surface area contributed by atoms with Crippen LogP contribution in [-0.4, -0.2) is 55.4 Å². The second-order valence-electron chi connectivity index (χ2n) is 8.64. The quantitative estimate of drug-likeness (QED) is 0.650. The molecule has 3 aromatic rings. The molecule has 8 nitrogen and oxygen atoms in total. The van der Waals surface area contributed by atoms with Crippen LogP contribution in [-0.2, 0) is 11.8 Å². The van der Waals surface area contributed by atoms with Crippen molar-refractivity contribution in [2.75, 3.05) is 18.5 Å². The lowest BCUT2D eigenvalue weighted by atomic mass is 10.0. The first-order valence-electron chi connectivity index (χ1n) is 10.7. The van der Waals surface area contributed by atoms with Gasteiger partial charge in [0.25, 0.3) is 0 Å². The minimum atomic E-state index is 0.0624. The number of nitrogens with one attached hydrogen (secondary N) is 1. The zero-order valence-corrected chi connectivity index (χ0v) is 17.7. The third-order valence-electron chi connectivity index (χ3n) is 6.13. The highest BCUT2D eigenvalue weighted by atomic mass is 16.5. The second-order valence-corrected chi connectivity index (χ2v) is 8.64. The van der Waals surface area contributed by atoms with Gasteiger partial charge in [0.15, 0.2) is 11.6 Å². The van der Waals surface area contributed by atoms with Crippen LogP contribution >= 0.6 is 0 Å². The number of carbonyl (C=O) groups is 1. The van der Waals surface area contributed by atoms with Crippen molar-refractivity contribution in [2.24, 2.45) is 13.0 Å². The van der Waals surface area contributed by atoms with Crippen molar-refractivity contribution in [1.29, 1.82) is 0 Å². The highest BCUT2D eigenvalue weighted by molar-refractivity contribution is 5.93. The number of hydrogen-bond donors (Lipinski definition) is 1. The molecular formula is C22H28N6O2. The van der Waals surface area contributed by atoms with E-state index in [1.807, 2.05) is 36.1 Å². The summed E-state index contributed by atoms with van der Waals surface area (Å²) >= 11 is 0. The molecule has 1 aliphatic carbocycles. The van der Waals surface area contributed by atoms with E-state index in [9.17, 15) is 4.79 Å². The molecular weight excluding hydrogens is 380 g/mol. The summed E-state index contributed by atoms with van der Waals surface area (Å²) in [5, 5.41) is 11.8. The molecule has 0 bridgehead atoms. The van der Waals surface area contributed by atoms with Crippen LogP contribution in [0.25, 0.3) is 16.8 Å². The topological polar surface area (TPSA) is 76.7 Å². The number of ether oxygens (including phenoxy) is 1. The highest BCUT2D eigenvalue weighted by Crippen LogP contribution is 2.32. The lowest BCUT2D eigenvalue weighted by Crippen LogP contribution is -2.54. The number of likely N-dealkylation sites (tertiary alicyclic amines) is 1. The number of aromatic nitrogens is 4. The molecule has 158 valence electrons. The molecule has 1 amide bonds. The van der Waals surface area contributed by atoms with Crippen LogP contribution < -0.4 is 10.1 Å². The summed E-state index contributed by atoms with van der Waals surface area (Å²) in [4.78, 5) is 14.5. The molecule has 0 radical (unpaired) electrons. The Bertz CT molecular complexity index is 1080. The predicted octanol–water partition coefficient (Wildman–Crippen LogP) is 2.94. The van der Waals surface area contributed by atoms with Gasteiger partial charge in [-0.15, -0.1) is 0 Å². The Labute approximate surface area is 175 Å². The van der Waals surface area contributed by atoms with E-state index in [1.54, 1.807) is 10.7 Å². The van der Waals surface area contributed by atoms with Crippen molar-refractivity contribution >= 4 is 17.2 Å². The minimum absolute atomic E-state index is 0.0624. The number of hydrogen-bond acceptors (Lipinski definition) is 5. The van der Waals surface area contributed by atoms with Gasteiger partial charge in [-0.2, -0.15) is 10.2 Å². The van der Waals surface area contributed by atoms with Crippen molar-refractivity contribution in [1.82, 2.24) is 24.3 Å². The average Bonchev–Trinajstić information content (AvgIpc) is 3.36. The fourth-order valence-corrected chi connectivity index (χ4v) is 4.13. The molecule has 30 heavy (non-hydrogen) atoms. The molecule has 1 aliphatic heterocycles. The smallest absolute Gasteiger partial charge is 0.228 e. The summed E-state index contributed by atoms with van der Waals surface area (Å²) in [6, 6.07) is 6.95. The fourth-order valence-electron chi connectivity index (χ4n) is 4.13. The van der Waals surface area contributed by atoms with E-state index < -0.39 is 0 Å². The van der Waals surface area contributed by atoms with Gasteiger partial charge in [-0.3, -0.25) is 14.4 Å². The lowest BCUT2D eigenvalue weighted by Gasteiger charge is -2.43. The maximum absolute atomic E-state index is 12.0. The normalized spacial score (nSPS) is 19.3. The maximum atomic E-state index is 12.0. The van der Waals surface area contributed by atoms with Crippen molar-refractivity contribution in [3.05, 3.63) is 30.6 Å². The molecule has 1 atom stereocenters. The Kier molecular flexibility index (Phi) is 4.73.